The monoisotopic (exact) mass is 390 g/mol. The van der Waals surface area contributed by atoms with Crippen molar-refractivity contribution >= 4 is 23.4 Å². The summed E-state index contributed by atoms with van der Waals surface area (Å²) >= 11 is 0. The van der Waals surface area contributed by atoms with E-state index in [1.807, 2.05) is 0 Å². The van der Waals surface area contributed by atoms with Crippen LogP contribution in [0.3, 0.4) is 0 Å². The van der Waals surface area contributed by atoms with Crippen LogP contribution in [0.15, 0.2) is 35.9 Å². The maximum atomic E-state index is 14.2. The molecular weight excluding hydrogens is 370 g/mol. The minimum atomic E-state index is -3.06. The molecule has 0 bridgehead atoms. The molecule has 0 aromatic heterocycles. The van der Waals surface area contributed by atoms with E-state index >= 15 is 0 Å². The Morgan fingerprint density at radius 1 is 1.39 bits per heavy atom. The number of hydrogen-bond acceptors (Lipinski definition) is 5. The van der Waals surface area contributed by atoms with Crippen LogP contribution in [0.1, 0.15) is 13.3 Å². The molecule has 0 unspecified atom stereocenters. The molecule has 2 aliphatic rings. The van der Waals surface area contributed by atoms with Crippen LogP contribution in [0.5, 0.6) is 0 Å². The highest BCUT2D eigenvalue weighted by Crippen LogP contribution is 2.35. The van der Waals surface area contributed by atoms with E-state index in [0.29, 0.717) is 17.9 Å². The molecule has 0 radical (unpaired) electrons. The predicted octanol–water partition coefficient (Wildman–Crippen LogP) is 2.44. The van der Waals surface area contributed by atoms with Crippen LogP contribution >= 0.6 is 0 Å². The summed E-state index contributed by atoms with van der Waals surface area (Å²) in [4.78, 5) is 26.2. The van der Waals surface area contributed by atoms with E-state index in [1.165, 1.54) is 11.8 Å². The topological polar surface area (TPSA) is 85.7 Å². The van der Waals surface area contributed by atoms with E-state index in [2.05, 4.69) is 5.32 Å². The van der Waals surface area contributed by atoms with Crippen molar-refractivity contribution in [3.63, 3.8) is 0 Å². The highest BCUT2D eigenvalue weighted by atomic mass is 19.3. The number of alkyl halides is 2. The van der Waals surface area contributed by atoms with Crippen LogP contribution in [0, 0.1) is 11.3 Å². The number of rotatable bonds is 4. The van der Waals surface area contributed by atoms with Gasteiger partial charge in [0.15, 0.2) is 0 Å². The average molecular weight is 390 g/mol. The molecule has 9 heteroatoms. The Labute approximate surface area is 161 Å². The number of ether oxygens (including phenoxy) is 1. The number of benzene rings is 1. The van der Waals surface area contributed by atoms with Crippen molar-refractivity contribution in [1.29, 1.82) is 5.26 Å². The van der Waals surface area contributed by atoms with Gasteiger partial charge in [0.1, 0.15) is 6.61 Å². The molecule has 3 rings (SSSR count). The third-order valence-corrected chi connectivity index (χ3v) is 4.79. The average Bonchev–Trinajstić information content (AvgIpc) is 3.02. The van der Waals surface area contributed by atoms with Gasteiger partial charge in [-0.05, 0) is 30.7 Å². The summed E-state index contributed by atoms with van der Waals surface area (Å²) in [6, 6.07) is 8.02. The van der Waals surface area contributed by atoms with E-state index in [9.17, 15) is 18.4 Å². The molecule has 1 aromatic rings. The van der Waals surface area contributed by atoms with Crippen LogP contribution in [-0.2, 0) is 9.53 Å². The van der Waals surface area contributed by atoms with Crippen molar-refractivity contribution in [2.75, 3.05) is 36.0 Å². The van der Waals surface area contributed by atoms with Crippen LogP contribution in [0.25, 0.3) is 0 Å². The van der Waals surface area contributed by atoms with Crippen molar-refractivity contribution in [3.05, 3.63) is 35.9 Å². The van der Waals surface area contributed by atoms with E-state index < -0.39 is 18.6 Å². The number of nitrogens with one attached hydrogen (secondary N) is 1. The molecule has 1 aromatic carbocycles. The molecule has 2 fully saturated rings. The van der Waals surface area contributed by atoms with Gasteiger partial charge in [-0.1, -0.05) is 0 Å². The maximum absolute atomic E-state index is 14.2. The molecule has 7 nitrogen and oxygen atoms in total. The molecule has 28 heavy (non-hydrogen) atoms. The van der Waals surface area contributed by atoms with Gasteiger partial charge in [-0.15, -0.1) is 0 Å². The van der Waals surface area contributed by atoms with Gasteiger partial charge in [0, 0.05) is 43.0 Å². The lowest BCUT2D eigenvalue weighted by molar-refractivity contribution is -0.119. The van der Waals surface area contributed by atoms with E-state index in [1.54, 1.807) is 35.2 Å². The van der Waals surface area contributed by atoms with Crippen molar-refractivity contribution in [2.24, 2.45) is 0 Å². The Balaban J connectivity index is 1.73. The van der Waals surface area contributed by atoms with Gasteiger partial charge < -0.3 is 15.0 Å². The molecule has 0 spiro atoms. The summed E-state index contributed by atoms with van der Waals surface area (Å²) in [6.45, 7) is 1.68. The number of allylic oxidation sites excluding steroid dienone is 1. The highest BCUT2D eigenvalue weighted by molar-refractivity contribution is 5.90. The molecule has 148 valence electrons. The second kappa shape index (κ2) is 7.84. The summed E-state index contributed by atoms with van der Waals surface area (Å²) in [5.41, 5.74) is 1.02. The number of cyclic esters (lactones) is 1. The van der Waals surface area contributed by atoms with Gasteiger partial charge >= 0.3 is 6.09 Å². The van der Waals surface area contributed by atoms with Crippen molar-refractivity contribution in [2.45, 2.75) is 25.3 Å². The summed E-state index contributed by atoms with van der Waals surface area (Å²) in [6.07, 6.45) is 0.521. The van der Waals surface area contributed by atoms with Gasteiger partial charge in [0.25, 0.3) is 5.92 Å². The summed E-state index contributed by atoms with van der Waals surface area (Å²) in [5.74, 6) is -3.26. The minimum Gasteiger partial charge on any atom is -0.447 e. The third kappa shape index (κ3) is 4.06. The highest BCUT2D eigenvalue weighted by Gasteiger charge is 2.40. The summed E-state index contributed by atoms with van der Waals surface area (Å²) in [7, 11) is 0. The number of carbonyl (C=O) groups is 2. The van der Waals surface area contributed by atoms with Gasteiger partial charge in [-0.3, -0.25) is 9.69 Å². The standard InChI is InChI=1S/C19H20F2N4O3/c1-13(26)23-10-17-11-28-18(27)25(17)16-4-2-15(3-5-16)24-9-7-14(6-8-22)19(20,21)12-24/h2-6,17H,7,9-12H2,1H3,(H,23,26)/t17-/m0/s1. The Morgan fingerprint density at radius 2 is 2.07 bits per heavy atom. The minimum absolute atomic E-state index is 0.111. The lowest BCUT2D eigenvalue weighted by Gasteiger charge is -2.35. The number of piperidine rings is 1. The molecule has 2 amide bonds. The molecule has 2 heterocycles. The Morgan fingerprint density at radius 3 is 2.68 bits per heavy atom. The number of anilines is 2. The zero-order valence-electron chi connectivity index (χ0n) is 15.3. The van der Waals surface area contributed by atoms with Crippen LogP contribution in [0.2, 0.25) is 0 Å². The van der Waals surface area contributed by atoms with E-state index in [4.69, 9.17) is 10.00 Å². The Kier molecular flexibility index (Phi) is 5.49. The first kappa shape index (κ1) is 19.6. The smallest absolute Gasteiger partial charge is 0.414 e. The number of hydrogen-bond donors (Lipinski definition) is 1. The Bertz CT molecular complexity index is 833. The lowest BCUT2D eigenvalue weighted by atomic mass is 9.99. The Hall–Kier alpha value is -3.15. The molecule has 1 atom stereocenters. The third-order valence-electron chi connectivity index (χ3n) is 4.79. The van der Waals surface area contributed by atoms with Crippen molar-refractivity contribution < 1.29 is 23.1 Å². The fourth-order valence-electron chi connectivity index (χ4n) is 3.35. The van der Waals surface area contributed by atoms with Crippen molar-refractivity contribution in [1.82, 2.24) is 5.32 Å². The first-order chi connectivity index (χ1) is 13.3. The lowest BCUT2D eigenvalue weighted by Crippen LogP contribution is -2.44. The number of nitriles is 1. The van der Waals surface area contributed by atoms with Crippen LogP contribution < -0.4 is 15.1 Å². The van der Waals surface area contributed by atoms with Gasteiger partial charge in [0.05, 0.1) is 18.7 Å². The molecule has 0 saturated carbocycles. The quantitative estimate of drug-likeness (QED) is 0.798. The first-order valence-electron chi connectivity index (χ1n) is 8.84. The number of amides is 2. The molecular formula is C19H20F2N4O3. The fourth-order valence-corrected chi connectivity index (χ4v) is 3.35. The summed E-state index contributed by atoms with van der Waals surface area (Å²) in [5, 5.41) is 11.3. The molecule has 2 aliphatic heterocycles. The second-order valence-corrected chi connectivity index (χ2v) is 6.73. The van der Waals surface area contributed by atoms with E-state index in [0.717, 1.165) is 6.08 Å². The maximum Gasteiger partial charge on any atom is 0.414 e. The van der Waals surface area contributed by atoms with Gasteiger partial charge in [-0.2, -0.15) is 14.0 Å². The van der Waals surface area contributed by atoms with Gasteiger partial charge in [-0.25, -0.2) is 4.79 Å². The molecule has 1 N–H and O–H groups in total. The molecule has 2 saturated heterocycles. The van der Waals surface area contributed by atoms with E-state index in [-0.39, 0.29) is 37.1 Å². The zero-order chi connectivity index (χ0) is 20.3. The molecule has 0 aliphatic carbocycles. The summed E-state index contributed by atoms with van der Waals surface area (Å²) < 4.78 is 33.5. The van der Waals surface area contributed by atoms with Crippen LogP contribution in [0.4, 0.5) is 25.0 Å². The zero-order valence-corrected chi connectivity index (χ0v) is 15.3. The second-order valence-electron chi connectivity index (χ2n) is 6.73. The normalized spacial score (nSPS) is 22.7. The number of carbonyl (C=O) groups excluding carboxylic acids is 2. The van der Waals surface area contributed by atoms with Crippen LogP contribution in [-0.4, -0.2) is 50.2 Å². The predicted molar refractivity (Wildman–Crippen MR) is 98.2 cm³/mol. The SMILES string of the molecule is CC(=O)NC[C@H]1COC(=O)N1c1ccc(N2CCC(=CC#N)C(F)(F)C2)cc1. The number of nitrogens with zero attached hydrogens (tertiary/aromatic N) is 3. The number of halogens is 2. The fraction of sp³-hybridized carbons (Fsp3) is 0.421. The van der Waals surface area contributed by atoms with Crippen molar-refractivity contribution in [3.8, 4) is 6.07 Å². The first-order valence-corrected chi connectivity index (χ1v) is 8.84. The largest absolute Gasteiger partial charge is 0.447 e. The van der Waals surface area contributed by atoms with Gasteiger partial charge in [0.2, 0.25) is 5.91 Å².